The Morgan fingerprint density at radius 3 is 3.00 bits per heavy atom. The van der Waals surface area contributed by atoms with Gasteiger partial charge in [-0.2, -0.15) is 10.4 Å². The Hall–Kier alpha value is -1.87. The maximum atomic E-state index is 11.6. The first kappa shape index (κ1) is 12.2. The third-order valence-corrected chi connectivity index (χ3v) is 2.17. The molecule has 1 aromatic heterocycles. The van der Waals surface area contributed by atoms with Crippen molar-refractivity contribution in [2.75, 3.05) is 6.54 Å². The normalized spacial score (nSPS) is 13.9. The van der Waals surface area contributed by atoms with Crippen LogP contribution in [-0.2, 0) is 11.8 Å². The number of nitriles is 1. The van der Waals surface area contributed by atoms with E-state index in [9.17, 15) is 4.79 Å². The molecule has 86 valence electrons. The summed E-state index contributed by atoms with van der Waals surface area (Å²) in [5, 5.41) is 15.1. The fraction of sp³-hybridized carbons (Fsp3) is 0.500. The zero-order valence-electron chi connectivity index (χ0n) is 9.34. The lowest BCUT2D eigenvalue weighted by atomic mass is 10.1. The third-order valence-electron chi connectivity index (χ3n) is 2.17. The predicted molar refractivity (Wildman–Crippen MR) is 57.9 cm³/mol. The van der Waals surface area contributed by atoms with Crippen LogP contribution < -0.4 is 11.1 Å². The Labute approximate surface area is 94.0 Å². The van der Waals surface area contributed by atoms with Crippen LogP contribution >= 0.6 is 0 Å². The Bertz CT molecular complexity index is 406. The molecule has 3 N–H and O–H groups in total. The summed E-state index contributed by atoms with van der Waals surface area (Å²) in [5.41, 5.74) is 6.39. The molecular weight excluding hydrogens is 206 g/mol. The summed E-state index contributed by atoms with van der Waals surface area (Å²) in [6.07, 6.45) is 3.25. The summed E-state index contributed by atoms with van der Waals surface area (Å²) < 4.78 is 1.58. The summed E-state index contributed by atoms with van der Waals surface area (Å²) in [6.45, 7) is 2.04. The average Bonchev–Trinajstić information content (AvgIpc) is 2.71. The van der Waals surface area contributed by atoms with Crippen molar-refractivity contribution in [2.24, 2.45) is 18.7 Å². The van der Waals surface area contributed by atoms with Gasteiger partial charge in [0.2, 0.25) is 5.91 Å². The number of amides is 1. The zero-order chi connectivity index (χ0) is 12.1. The van der Waals surface area contributed by atoms with Gasteiger partial charge in [0.1, 0.15) is 6.04 Å². The van der Waals surface area contributed by atoms with Gasteiger partial charge >= 0.3 is 0 Å². The first-order valence-electron chi connectivity index (χ1n) is 4.96. The number of hydrogen-bond acceptors (Lipinski definition) is 4. The van der Waals surface area contributed by atoms with Gasteiger partial charge in [-0.15, -0.1) is 0 Å². The molecule has 0 aliphatic rings. The maximum Gasteiger partial charge on any atom is 0.241 e. The van der Waals surface area contributed by atoms with Crippen LogP contribution in [0.2, 0.25) is 0 Å². The number of nitrogens with zero attached hydrogens (tertiary/aromatic N) is 3. The van der Waals surface area contributed by atoms with Gasteiger partial charge in [0.15, 0.2) is 0 Å². The van der Waals surface area contributed by atoms with E-state index in [-0.39, 0.29) is 11.8 Å². The smallest absolute Gasteiger partial charge is 0.241 e. The van der Waals surface area contributed by atoms with Gasteiger partial charge in [-0.1, -0.05) is 0 Å². The fourth-order valence-corrected chi connectivity index (χ4v) is 1.16. The topological polar surface area (TPSA) is 96.7 Å². The van der Waals surface area contributed by atoms with E-state index in [4.69, 9.17) is 11.0 Å². The van der Waals surface area contributed by atoms with E-state index in [0.717, 1.165) is 0 Å². The van der Waals surface area contributed by atoms with Gasteiger partial charge in [0.05, 0.1) is 18.2 Å². The van der Waals surface area contributed by atoms with Gasteiger partial charge in [0, 0.05) is 25.4 Å². The minimum atomic E-state index is -0.736. The number of aryl methyl sites for hydroxylation is 1. The van der Waals surface area contributed by atoms with Crippen molar-refractivity contribution in [3.63, 3.8) is 0 Å². The number of carbonyl (C=O) groups excluding carboxylic acids is 1. The predicted octanol–water partition coefficient (Wildman–Crippen LogP) is -0.304. The second-order valence-electron chi connectivity index (χ2n) is 3.70. The molecule has 6 heteroatoms. The molecule has 2 atom stereocenters. The van der Waals surface area contributed by atoms with E-state index in [2.05, 4.69) is 10.4 Å². The molecule has 6 nitrogen and oxygen atoms in total. The molecule has 0 radical (unpaired) electrons. The Kier molecular flexibility index (Phi) is 4.03. The summed E-state index contributed by atoms with van der Waals surface area (Å²) in [6, 6.07) is 1.29. The summed E-state index contributed by atoms with van der Waals surface area (Å²) >= 11 is 0. The molecule has 2 unspecified atom stereocenters. The second kappa shape index (κ2) is 5.28. The van der Waals surface area contributed by atoms with Crippen LogP contribution in [0.1, 0.15) is 18.5 Å². The molecule has 0 saturated carbocycles. The highest BCUT2D eigenvalue weighted by molar-refractivity contribution is 5.82. The van der Waals surface area contributed by atoms with E-state index in [0.29, 0.717) is 12.1 Å². The van der Waals surface area contributed by atoms with Crippen molar-refractivity contribution in [2.45, 2.75) is 13.0 Å². The van der Waals surface area contributed by atoms with Crippen LogP contribution in [0.3, 0.4) is 0 Å². The van der Waals surface area contributed by atoms with Crippen molar-refractivity contribution in [3.05, 3.63) is 18.0 Å². The number of nitrogens with one attached hydrogen (secondary N) is 1. The molecule has 16 heavy (non-hydrogen) atoms. The Morgan fingerprint density at radius 1 is 1.81 bits per heavy atom. The SMILES string of the molecule is CC(C#N)CNC(=O)C(N)c1cnn(C)c1. The fourth-order valence-electron chi connectivity index (χ4n) is 1.16. The van der Waals surface area contributed by atoms with Crippen LogP contribution in [0.4, 0.5) is 0 Å². The molecule has 0 spiro atoms. The van der Waals surface area contributed by atoms with Gasteiger partial charge in [-0.05, 0) is 6.92 Å². The van der Waals surface area contributed by atoms with Crippen LogP contribution in [0, 0.1) is 17.2 Å². The van der Waals surface area contributed by atoms with Crippen molar-refractivity contribution < 1.29 is 4.79 Å². The maximum absolute atomic E-state index is 11.6. The van der Waals surface area contributed by atoms with E-state index in [1.807, 2.05) is 6.07 Å². The van der Waals surface area contributed by atoms with Crippen LogP contribution in [0.5, 0.6) is 0 Å². The number of rotatable bonds is 4. The molecule has 0 fully saturated rings. The summed E-state index contributed by atoms with van der Waals surface area (Å²) in [5.74, 6) is -0.514. The van der Waals surface area contributed by atoms with Crippen LogP contribution in [0.25, 0.3) is 0 Å². The molecule has 1 amide bonds. The largest absolute Gasteiger partial charge is 0.353 e. The molecule has 0 saturated heterocycles. The highest BCUT2D eigenvalue weighted by atomic mass is 16.2. The second-order valence-corrected chi connectivity index (χ2v) is 3.70. The first-order chi connectivity index (χ1) is 7.54. The molecule has 0 aromatic carbocycles. The zero-order valence-corrected chi connectivity index (χ0v) is 9.34. The average molecular weight is 221 g/mol. The third kappa shape index (κ3) is 3.07. The van der Waals surface area contributed by atoms with E-state index < -0.39 is 6.04 Å². The number of carbonyl (C=O) groups is 1. The molecule has 0 bridgehead atoms. The number of aromatic nitrogens is 2. The lowest BCUT2D eigenvalue weighted by molar-refractivity contribution is -0.122. The van der Waals surface area contributed by atoms with Crippen LogP contribution in [0.15, 0.2) is 12.4 Å². The van der Waals surface area contributed by atoms with Crippen molar-refractivity contribution in [1.29, 1.82) is 5.26 Å². The van der Waals surface area contributed by atoms with Crippen molar-refractivity contribution >= 4 is 5.91 Å². The molecule has 1 aromatic rings. The molecular formula is C10H15N5O. The minimum Gasteiger partial charge on any atom is -0.353 e. The molecule has 1 rings (SSSR count). The Balaban J connectivity index is 2.52. The lowest BCUT2D eigenvalue weighted by Crippen LogP contribution is -2.36. The molecule has 1 heterocycles. The summed E-state index contributed by atoms with van der Waals surface area (Å²) in [4.78, 5) is 11.6. The lowest BCUT2D eigenvalue weighted by Gasteiger charge is -2.11. The molecule has 0 aliphatic heterocycles. The number of nitrogens with two attached hydrogens (primary N) is 1. The van der Waals surface area contributed by atoms with Gasteiger partial charge in [0.25, 0.3) is 0 Å². The molecule has 0 aliphatic carbocycles. The monoisotopic (exact) mass is 221 g/mol. The van der Waals surface area contributed by atoms with Gasteiger partial charge in [-0.25, -0.2) is 0 Å². The highest BCUT2D eigenvalue weighted by Gasteiger charge is 2.17. The Morgan fingerprint density at radius 2 is 2.50 bits per heavy atom. The van der Waals surface area contributed by atoms with Crippen LogP contribution in [-0.4, -0.2) is 22.2 Å². The van der Waals surface area contributed by atoms with E-state index in [1.54, 1.807) is 31.0 Å². The van der Waals surface area contributed by atoms with E-state index in [1.165, 1.54) is 0 Å². The first-order valence-corrected chi connectivity index (χ1v) is 4.96. The standard InChI is InChI=1S/C10H15N5O/c1-7(3-11)4-13-10(16)9(12)8-5-14-15(2)6-8/h5-7,9H,4,12H2,1-2H3,(H,13,16). The minimum absolute atomic E-state index is 0.218. The van der Waals surface area contributed by atoms with Gasteiger partial charge < -0.3 is 11.1 Å². The highest BCUT2D eigenvalue weighted by Crippen LogP contribution is 2.08. The van der Waals surface area contributed by atoms with Crippen molar-refractivity contribution in [1.82, 2.24) is 15.1 Å². The van der Waals surface area contributed by atoms with E-state index >= 15 is 0 Å². The number of hydrogen-bond donors (Lipinski definition) is 2. The summed E-state index contributed by atoms with van der Waals surface area (Å²) in [7, 11) is 1.76. The quantitative estimate of drug-likeness (QED) is 0.729. The van der Waals surface area contributed by atoms with Gasteiger partial charge in [-0.3, -0.25) is 9.48 Å². The van der Waals surface area contributed by atoms with Crippen molar-refractivity contribution in [3.8, 4) is 6.07 Å².